The molecule has 3 rings (SSSR count). The lowest BCUT2D eigenvalue weighted by molar-refractivity contribution is -0.117. The summed E-state index contributed by atoms with van der Waals surface area (Å²) in [5, 5.41) is 6.05. The van der Waals surface area contributed by atoms with Gasteiger partial charge in [0.05, 0.1) is 11.7 Å². The monoisotopic (exact) mass is 624 g/mol. The number of allylic oxidation sites excluding steroid dienone is 1. The van der Waals surface area contributed by atoms with E-state index in [1.807, 2.05) is 42.5 Å². The molecule has 0 aliphatic heterocycles. The summed E-state index contributed by atoms with van der Waals surface area (Å²) in [6, 6.07) is 20.3. The van der Waals surface area contributed by atoms with E-state index in [1.165, 1.54) is 0 Å². The van der Waals surface area contributed by atoms with Crippen LogP contribution in [0.4, 0.5) is 5.69 Å². The number of amides is 2. The third-order valence-corrected chi connectivity index (χ3v) is 7.70. The fraction of sp³-hybridized carbons (Fsp3) is 0.353. The molecule has 2 amide bonds. The van der Waals surface area contributed by atoms with E-state index in [-0.39, 0.29) is 23.3 Å². The Balaban J connectivity index is 1.86. The summed E-state index contributed by atoms with van der Waals surface area (Å²) in [5.74, 6) is -1.75. The number of rotatable bonds is 10. The van der Waals surface area contributed by atoms with Gasteiger partial charge in [0.25, 0.3) is 16.0 Å². The summed E-state index contributed by atoms with van der Waals surface area (Å²) in [6.45, 7) is 12.5. The Labute approximate surface area is 260 Å². The fourth-order valence-electron chi connectivity index (χ4n) is 4.36. The number of hydrogen-bond donors (Lipinski definition) is 3. The Hall–Kier alpha value is -3.46. The second-order valence-electron chi connectivity index (χ2n) is 12.8. The molecule has 0 saturated heterocycles. The lowest BCUT2D eigenvalue weighted by atomic mass is 9.84. The molecular formula is C34H41ClN2O5S. The molecule has 0 saturated carbocycles. The van der Waals surface area contributed by atoms with Crippen LogP contribution in [-0.2, 0) is 26.7 Å². The van der Waals surface area contributed by atoms with Crippen molar-refractivity contribution in [1.82, 2.24) is 5.32 Å². The molecule has 0 spiro atoms. The highest BCUT2D eigenvalue weighted by Crippen LogP contribution is 2.29. The van der Waals surface area contributed by atoms with E-state index < -0.39 is 27.7 Å². The number of benzene rings is 3. The number of carbonyl (C=O) groups excluding carboxylic acids is 2. The van der Waals surface area contributed by atoms with Gasteiger partial charge in [-0.3, -0.25) is 14.1 Å². The molecule has 3 aromatic carbocycles. The van der Waals surface area contributed by atoms with Crippen molar-refractivity contribution in [1.29, 1.82) is 0 Å². The summed E-state index contributed by atoms with van der Waals surface area (Å²) < 4.78 is 30.7. The first-order valence-corrected chi connectivity index (χ1v) is 16.1. The molecule has 1 unspecified atom stereocenters. The Morgan fingerprint density at radius 2 is 1.56 bits per heavy atom. The van der Waals surface area contributed by atoms with Crippen molar-refractivity contribution in [3.63, 3.8) is 0 Å². The third kappa shape index (κ3) is 11.3. The summed E-state index contributed by atoms with van der Waals surface area (Å²) >= 11 is 6.40. The minimum absolute atomic E-state index is 0.00760. The highest BCUT2D eigenvalue weighted by molar-refractivity contribution is 7.85. The Morgan fingerprint density at radius 1 is 0.930 bits per heavy atom. The van der Waals surface area contributed by atoms with E-state index in [1.54, 1.807) is 30.3 Å². The maximum Gasteiger partial charge on any atom is 0.266 e. The molecule has 0 radical (unpaired) electrons. The van der Waals surface area contributed by atoms with Gasteiger partial charge in [0, 0.05) is 22.8 Å². The first-order valence-electron chi connectivity index (χ1n) is 14.1. The lowest BCUT2D eigenvalue weighted by Gasteiger charge is -2.22. The number of carbonyl (C=O) groups is 2. The molecule has 3 aromatic rings. The van der Waals surface area contributed by atoms with Crippen molar-refractivity contribution < 1.29 is 22.6 Å². The standard InChI is InChI=1S/C34H41ClN2O5S/c1-33(2,3)16-15-24-19-28(35)22-29(20-24)37-32(39)30(25-11-13-27(14-12-25)34(4,5)6)21-23-7-9-26(10-8-23)31(38)36-17-18-43(40,41)42/h7-16,19-20,22,30H,17-18,21H2,1-6H3,(H,36,38)(H,37,39)(H,40,41,42)/b16-15+. The second-order valence-corrected chi connectivity index (χ2v) is 14.8. The first-order chi connectivity index (χ1) is 19.9. The molecule has 7 nitrogen and oxygen atoms in total. The summed E-state index contributed by atoms with van der Waals surface area (Å²) in [6.07, 6.45) is 4.45. The zero-order valence-electron chi connectivity index (χ0n) is 25.6. The smallest absolute Gasteiger partial charge is 0.266 e. The average molecular weight is 625 g/mol. The van der Waals surface area contributed by atoms with E-state index in [4.69, 9.17) is 16.2 Å². The van der Waals surface area contributed by atoms with Crippen LogP contribution >= 0.6 is 11.6 Å². The van der Waals surface area contributed by atoms with Gasteiger partial charge >= 0.3 is 0 Å². The van der Waals surface area contributed by atoms with Crippen LogP contribution in [0.15, 0.2) is 72.8 Å². The predicted molar refractivity (Wildman–Crippen MR) is 175 cm³/mol. The molecule has 0 fully saturated rings. The van der Waals surface area contributed by atoms with Crippen LogP contribution in [0.2, 0.25) is 5.02 Å². The molecule has 1 atom stereocenters. The Bertz CT molecular complexity index is 1570. The van der Waals surface area contributed by atoms with Gasteiger partial charge < -0.3 is 10.6 Å². The number of anilines is 1. The maximum absolute atomic E-state index is 13.8. The zero-order valence-corrected chi connectivity index (χ0v) is 27.1. The molecular weight excluding hydrogens is 584 g/mol. The van der Waals surface area contributed by atoms with Crippen LogP contribution < -0.4 is 10.6 Å². The van der Waals surface area contributed by atoms with Gasteiger partial charge in [-0.2, -0.15) is 8.42 Å². The molecule has 3 N–H and O–H groups in total. The second kappa shape index (κ2) is 13.9. The number of halogens is 1. The van der Waals surface area contributed by atoms with Crippen LogP contribution in [0.3, 0.4) is 0 Å². The molecule has 0 aliphatic carbocycles. The highest BCUT2D eigenvalue weighted by atomic mass is 35.5. The van der Waals surface area contributed by atoms with Gasteiger partial charge in [0.15, 0.2) is 0 Å². The normalized spacial score (nSPS) is 13.1. The topological polar surface area (TPSA) is 113 Å². The van der Waals surface area contributed by atoms with Gasteiger partial charge in [-0.05, 0) is 69.8 Å². The van der Waals surface area contributed by atoms with Gasteiger partial charge in [0.2, 0.25) is 5.91 Å². The SMILES string of the molecule is CC(C)(C)/C=C/c1cc(Cl)cc(NC(=O)C(Cc2ccc(C(=O)NCCS(=O)(=O)O)cc2)c2ccc(C(C)(C)C)cc2)c1. The molecule has 0 aromatic heterocycles. The van der Waals surface area contributed by atoms with Gasteiger partial charge in [-0.1, -0.05) is 102 Å². The molecule has 43 heavy (non-hydrogen) atoms. The minimum atomic E-state index is -4.17. The molecule has 0 aliphatic rings. The van der Waals surface area contributed by atoms with Crippen LogP contribution in [0.1, 0.15) is 80.1 Å². The van der Waals surface area contributed by atoms with Crippen LogP contribution in [0, 0.1) is 5.41 Å². The quantitative estimate of drug-likeness (QED) is 0.205. The fourth-order valence-corrected chi connectivity index (χ4v) is 4.96. The average Bonchev–Trinajstić information content (AvgIpc) is 2.89. The number of hydrogen-bond acceptors (Lipinski definition) is 4. The summed E-state index contributed by atoms with van der Waals surface area (Å²) in [5.41, 5.74) is 4.63. The lowest BCUT2D eigenvalue weighted by Crippen LogP contribution is -2.28. The predicted octanol–water partition coefficient (Wildman–Crippen LogP) is 7.28. The van der Waals surface area contributed by atoms with Crippen LogP contribution in [0.25, 0.3) is 6.08 Å². The summed E-state index contributed by atoms with van der Waals surface area (Å²) in [7, 11) is -4.17. The molecule has 9 heteroatoms. The number of nitrogens with one attached hydrogen (secondary N) is 2. The zero-order chi connectivity index (χ0) is 32.0. The van der Waals surface area contributed by atoms with Crippen molar-refractivity contribution in [2.75, 3.05) is 17.6 Å². The van der Waals surface area contributed by atoms with Crippen molar-refractivity contribution in [3.8, 4) is 0 Å². The molecule has 0 heterocycles. The molecule has 0 bridgehead atoms. The van der Waals surface area contributed by atoms with Crippen molar-refractivity contribution in [3.05, 3.63) is 106 Å². The maximum atomic E-state index is 13.8. The van der Waals surface area contributed by atoms with E-state index >= 15 is 0 Å². The molecule has 230 valence electrons. The first kappa shape index (κ1) is 34.0. The Kier molecular flexibility index (Phi) is 11.0. The van der Waals surface area contributed by atoms with E-state index in [0.717, 1.165) is 22.3 Å². The van der Waals surface area contributed by atoms with Crippen molar-refractivity contribution >= 4 is 45.3 Å². The minimum Gasteiger partial charge on any atom is -0.351 e. The van der Waals surface area contributed by atoms with E-state index in [2.05, 4.69) is 58.3 Å². The van der Waals surface area contributed by atoms with Gasteiger partial charge in [-0.15, -0.1) is 0 Å². The van der Waals surface area contributed by atoms with Crippen molar-refractivity contribution in [2.45, 2.75) is 59.3 Å². The highest BCUT2D eigenvalue weighted by Gasteiger charge is 2.23. The van der Waals surface area contributed by atoms with Gasteiger partial charge in [0.1, 0.15) is 0 Å². The van der Waals surface area contributed by atoms with Crippen LogP contribution in [-0.4, -0.2) is 37.1 Å². The third-order valence-electron chi connectivity index (χ3n) is 6.76. The van der Waals surface area contributed by atoms with Crippen molar-refractivity contribution in [2.24, 2.45) is 5.41 Å². The Morgan fingerprint density at radius 3 is 2.12 bits per heavy atom. The van der Waals surface area contributed by atoms with E-state index in [9.17, 15) is 18.0 Å². The van der Waals surface area contributed by atoms with Crippen LogP contribution in [0.5, 0.6) is 0 Å². The largest absolute Gasteiger partial charge is 0.351 e. The summed E-state index contributed by atoms with van der Waals surface area (Å²) in [4.78, 5) is 26.2. The van der Waals surface area contributed by atoms with Gasteiger partial charge in [-0.25, -0.2) is 0 Å². The van der Waals surface area contributed by atoms with E-state index in [0.29, 0.717) is 22.7 Å².